The molecule has 0 aliphatic carbocycles. The number of benzene rings is 1. The lowest BCUT2D eigenvalue weighted by molar-refractivity contribution is -0.385. The summed E-state index contributed by atoms with van der Waals surface area (Å²) in [5.74, 6) is -2.74. The SMILES string of the molecule is COC(=O)/C=C1/S/C(=N\N=Cc2cccc(C(=O)O)c2[N+](=O)[O-])NC1=O. The van der Waals surface area contributed by atoms with E-state index in [1.165, 1.54) is 12.1 Å². The first-order valence-electron chi connectivity index (χ1n) is 6.74. The highest BCUT2D eigenvalue weighted by atomic mass is 32.2. The van der Waals surface area contributed by atoms with E-state index in [0.717, 1.165) is 37.2 Å². The molecule has 0 bridgehead atoms. The number of aromatic carboxylic acids is 1. The number of carbonyl (C=O) groups excluding carboxylic acids is 2. The molecule has 11 nitrogen and oxygen atoms in total. The minimum Gasteiger partial charge on any atom is -0.477 e. The van der Waals surface area contributed by atoms with E-state index in [-0.39, 0.29) is 15.6 Å². The van der Waals surface area contributed by atoms with Crippen LogP contribution in [-0.4, -0.2) is 46.4 Å². The van der Waals surface area contributed by atoms with Crippen LogP contribution in [-0.2, 0) is 14.3 Å². The van der Waals surface area contributed by atoms with Crippen LogP contribution in [0, 0.1) is 10.1 Å². The smallest absolute Gasteiger partial charge is 0.342 e. The molecule has 0 spiro atoms. The summed E-state index contributed by atoms with van der Waals surface area (Å²) < 4.78 is 4.41. The van der Waals surface area contributed by atoms with Gasteiger partial charge in [0.05, 0.1) is 28.7 Å². The van der Waals surface area contributed by atoms with E-state index in [4.69, 9.17) is 5.11 Å². The third-order valence-electron chi connectivity index (χ3n) is 2.93. The first-order valence-corrected chi connectivity index (χ1v) is 7.55. The number of thioether (sulfide) groups is 1. The zero-order valence-electron chi connectivity index (χ0n) is 13.0. The number of methoxy groups -OCH3 is 1. The fourth-order valence-electron chi connectivity index (χ4n) is 1.83. The molecule has 1 fully saturated rings. The van der Waals surface area contributed by atoms with Crippen molar-refractivity contribution < 1.29 is 29.2 Å². The van der Waals surface area contributed by atoms with Crippen molar-refractivity contribution in [2.45, 2.75) is 0 Å². The number of carbonyl (C=O) groups is 3. The van der Waals surface area contributed by atoms with Crippen LogP contribution in [0.15, 0.2) is 39.4 Å². The highest BCUT2D eigenvalue weighted by Gasteiger charge is 2.25. The van der Waals surface area contributed by atoms with Gasteiger partial charge in [-0.05, 0) is 23.9 Å². The lowest BCUT2D eigenvalue weighted by Gasteiger charge is -2.00. The molecule has 1 aliphatic rings. The molecule has 1 aliphatic heterocycles. The first-order chi connectivity index (χ1) is 12.3. The van der Waals surface area contributed by atoms with Crippen LogP contribution in [0.3, 0.4) is 0 Å². The lowest BCUT2D eigenvalue weighted by atomic mass is 10.1. The van der Waals surface area contributed by atoms with Crippen molar-refractivity contribution >= 4 is 46.7 Å². The first kappa shape index (κ1) is 18.8. The molecule has 2 rings (SSSR count). The summed E-state index contributed by atoms with van der Waals surface area (Å²) in [5, 5.41) is 29.8. The van der Waals surface area contributed by atoms with Crippen molar-refractivity contribution in [1.29, 1.82) is 0 Å². The van der Waals surface area contributed by atoms with Crippen LogP contribution in [0.2, 0.25) is 0 Å². The minimum absolute atomic E-state index is 0.0402. The van der Waals surface area contributed by atoms with Gasteiger partial charge in [-0.25, -0.2) is 9.59 Å². The molecule has 1 amide bonds. The second-order valence-electron chi connectivity index (χ2n) is 4.54. The Kier molecular flexibility index (Phi) is 5.80. The summed E-state index contributed by atoms with van der Waals surface area (Å²) in [6, 6.07) is 3.73. The number of hydrogen-bond acceptors (Lipinski definition) is 9. The summed E-state index contributed by atoms with van der Waals surface area (Å²) in [6.07, 6.45) is 1.97. The third-order valence-corrected chi connectivity index (χ3v) is 3.83. The maximum Gasteiger partial charge on any atom is 0.342 e. The van der Waals surface area contributed by atoms with Crippen LogP contribution in [0.1, 0.15) is 15.9 Å². The Morgan fingerprint density at radius 3 is 2.77 bits per heavy atom. The largest absolute Gasteiger partial charge is 0.477 e. The zero-order chi connectivity index (χ0) is 19.3. The number of amides is 1. The molecule has 0 aromatic heterocycles. The number of nitro benzene ring substituents is 1. The van der Waals surface area contributed by atoms with E-state index in [9.17, 15) is 24.5 Å². The summed E-state index contributed by atoms with van der Waals surface area (Å²) in [7, 11) is 1.16. The second kappa shape index (κ2) is 8.02. The molecule has 0 atom stereocenters. The van der Waals surface area contributed by atoms with Gasteiger partial charge in [-0.15, -0.1) is 5.10 Å². The predicted octanol–water partition coefficient (Wildman–Crippen LogP) is 0.903. The Bertz CT molecular complexity index is 891. The molecule has 1 heterocycles. The van der Waals surface area contributed by atoms with Gasteiger partial charge in [0, 0.05) is 6.08 Å². The van der Waals surface area contributed by atoms with Gasteiger partial charge in [0.25, 0.3) is 11.6 Å². The maximum absolute atomic E-state index is 11.6. The van der Waals surface area contributed by atoms with Gasteiger partial charge in [-0.2, -0.15) is 5.10 Å². The number of carboxylic acids is 1. The Morgan fingerprint density at radius 2 is 2.15 bits per heavy atom. The predicted molar refractivity (Wildman–Crippen MR) is 90.9 cm³/mol. The van der Waals surface area contributed by atoms with Crippen molar-refractivity contribution in [2.24, 2.45) is 10.2 Å². The zero-order valence-corrected chi connectivity index (χ0v) is 13.8. The van der Waals surface area contributed by atoms with Crippen molar-refractivity contribution in [3.05, 3.63) is 50.4 Å². The molecule has 1 saturated heterocycles. The van der Waals surface area contributed by atoms with Gasteiger partial charge in [0.1, 0.15) is 5.56 Å². The van der Waals surface area contributed by atoms with Crippen LogP contribution in [0.25, 0.3) is 0 Å². The molecule has 134 valence electrons. The van der Waals surface area contributed by atoms with Gasteiger partial charge < -0.3 is 9.84 Å². The van der Waals surface area contributed by atoms with Gasteiger partial charge in [-0.1, -0.05) is 6.07 Å². The molecule has 1 aromatic rings. The number of nitrogens with one attached hydrogen (secondary N) is 1. The molecule has 12 heteroatoms. The van der Waals surface area contributed by atoms with E-state index in [2.05, 4.69) is 20.3 Å². The van der Waals surface area contributed by atoms with Crippen LogP contribution in [0.4, 0.5) is 5.69 Å². The summed E-state index contributed by atoms with van der Waals surface area (Å²) in [6.45, 7) is 0. The van der Waals surface area contributed by atoms with Crippen molar-refractivity contribution in [3.63, 3.8) is 0 Å². The van der Waals surface area contributed by atoms with Gasteiger partial charge in [-0.3, -0.25) is 20.2 Å². The van der Waals surface area contributed by atoms with Crippen molar-refractivity contribution in [2.75, 3.05) is 7.11 Å². The molecule has 1 aromatic carbocycles. The molecule has 2 N–H and O–H groups in total. The van der Waals surface area contributed by atoms with E-state index in [0.29, 0.717) is 0 Å². The van der Waals surface area contributed by atoms with E-state index < -0.39 is 34.0 Å². The Morgan fingerprint density at radius 1 is 1.42 bits per heavy atom. The molecular weight excluding hydrogens is 368 g/mol. The molecule has 0 saturated carbocycles. The summed E-state index contributed by atoms with van der Waals surface area (Å²) >= 11 is 0.824. The molecule has 0 radical (unpaired) electrons. The monoisotopic (exact) mass is 378 g/mol. The fraction of sp³-hybridized carbons (Fsp3) is 0.0714. The number of rotatable bonds is 5. The normalized spacial score (nSPS) is 16.9. The quantitative estimate of drug-likeness (QED) is 0.251. The van der Waals surface area contributed by atoms with Crippen LogP contribution in [0.5, 0.6) is 0 Å². The maximum atomic E-state index is 11.6. The average molecular weight is 378 g/mol. The van der Waals surface area contributed by atoms with Gasteiger partial charge >= 0.3 is 11.9 Å². The highest BCUT2D eigenvalue weighted by Crippen LogP contribution is 2.24. The molecule has 26 heavy (non-hydrogen) atoms. The standard InChI is InChI=1S/C14H10N4O7S/c1-25-10(19)5-9-12(20)16-14(26-9)17-15-6-7-3-2-4-8(13(21)22)11(7)18(23)24/h2-6H,1H3,(H,21,22)(H,16,17,20)/b9-5+,15-6?. The van der Waals surface area contributed by atoms with E-state index in [1.807, 2.05) is 0 Å². The lowest BCUT2D eigenvalue weighted by Crippen LogP contribution is -2.19. The highest BCUT2D eigenvalue weighted by molar-refractivity contribution is 8.18. The Hall–Kier alpha value is -3.54. The topological polar surface area (TPSA) is 161 Å². The summed E-state index contributed by atoms with van der Waals surface area (Å²) in [4.78, 5) is 44.2. The van der Waals surface area contributed by atoms with Crippen LogP contribution >= 0.6 is 11.8 Å². The van der Waals surface area contributed by atoms with Crippen molar-refractivity contribution in [1.82, 2.24) is 5.32 Å². The number of hydrogen-bond donors (Lipinski definition) is 2. The second-order valence-corrected chi connectivity index (χ2v) is 5.57. The number of esters is 1. The van der Waals surface area contributed by atoms with Gasteiger partial charge in [0.15, 0.2) is 5.17 Å². The third kappa shape index (κ3) is 4.30. The molecule has 0 unspecified atom stereocenters. The van der Waals surface area contributed by atoms with Crippen molar-refractivity contribution in [3.8, 4) is 0 Å². The molecular formula is C14H10N4O7S. The number of amidine groups is 1. The van der Waals surface area contributed by atoms with E-state index >= 15 is 0 Å². The Balaban J connectivity index is 2.25. The minimum atomic E-state index is -1.45. The van der Waals surface area contributed by atoms with Crippen LogP contribution < -0.4 is 5.32 Å². The Labute approximate surface area is 149 Å². The number of para-hydroxylation sites is 1. The number of ether oxygens (including phenoxy) is 1. The number of carboxylic acid groups (broad SMARTS) is 1. The summed E-state index contributed by atoms with van der Waals surface area (Å²) in [5.41, 5.74) is -1.18. The van der Waals surface area contributed by atoms with Gasteiger partial charge in [0.2, 0.25) is 0 Å². The number of nitrogens with zero attached hydrogens (tertiary/aromatic N) is 3. The van der Waals surface area contributed by atoms with E-state index in [1.54, 1.807) is 0 Å². The average Bonchev–Trinajstić information content (AvgIpc) is 2.93. The number of nitro groups is 1. The fourth-order valence-corrected chi connectivity index (χ4v) is 2.57.